The largest absolute Gasteiger partial charge is 0.350 e. The number of halogens is 1. The molecule has 0 unspecified atom stereocenters. The number of hydrogen-bond acceptors (Lipinski definition) is 2. The van der Waals surface area contributed by atoms with Crippen molar-refractivity contribution in [3.8, 4) is 0 Å². The predicted octanol–water partition coefficient (Wildman–Crippen LogP) is 4.12. The lowest BCUT2D eigenvalue weighted by Gasteiger charge is -2.12. The molecule has 2 aromatic rings. The molecule has 0 aromatic heterocycles. The molecule has 0 aliphatic rings. The summed E-state index contributed by atoms with van der Waals surface area (Å²) < 4.78 is 0. The first kappa shape index (κ1) is 17.0. The Bertz CT molecular complexity index is 698. The third-order valence-corrected chi connectivity index (χ3v) is 3.84. The molecular formula is C18H19ClN2O2. The molecule has 2 N–H and O–H groups in total. The van der Waals surface area contributed by atoms with E-state index >= 15 is 0 Å². The van der Waals surface area contributed by atoms with Crippen molar-refractivity contribution in [2.24, 2.45) is 0 Å². The Kier molecular flexibility index (Phi) is 5.77. The van der Waals surface area contributed by atoms with Crippen LogP contribution in [0, 0.1) is 0 Å². The quantitative estimate of drug-likeness (QED) is 0.866. The van der Waals surface area contributed by atoms with Crippen LogP contribution in [0.2, 0.25) is 5.02 Å². The van der Waals surface area contributed by atoms with E-state index in [0.717, 1.165) is 6.42 Å². The van der Waals surface area contributed by atoms with Crippen LogP contribution in [-0.4, -0.2) is 17.9 Å². The fourth-order valence-electron chi connectivity index (χ4n) is 1.96. The van der Waals surface area contributed by atoms with Crippen molar-refractivity contribution in [2.75, 3.05) is 5.32 Å². The summed E-state index contributed by atoms with van der Waals surface area (Å²) in [7, 11) is 0. The van der Waals surface area contributed by atoms with Crippen molar-refractivity contribution in [3.63, 3.8) is 0 Å². The number of amides is 2. The van der Waals surface area contributed by atoms with Gasteiger partial charge in [0.2, 0.25) is 0 Å². The van der Waals surface area contributed by atoms with Crippen LogP contribution in [0.5, 0.6) is 0 Å². The molecule has 0 aliphatic carbocycles. The lowest BCUT2D eigenvalue weighted by molar-refractivity contribution is 0.0938. The summed E-state index contributed by atoms with van der Waals surface area (Å²) in [5.74, 6) is -0.407. The van der Waals surface area contributed by atoms with E-state index in [0.29, 0.717) is 21.8 Å². The van der Waals surface area contributed by atoms with Gasteiger partial charge in [-0.3, -0.25) is 9.59 Å². The topological polar surface area (TPSA) is 58.2 Å². The molecule has 2 aromatic carbocycles. The minimum Gasteiger partial charge on any atom is -0.350 e. The van der Waals surface area contributed by atoms with E-state index in [1.807, 2.05) is 13.8 Å². The zero-order chi connectivity index (χ0) is 16.8. The van der Waals surface area contributed by atoms with Gasteiger partial charge in [0.05, 0.1) is 10.6 Å². The van der Waals surface area contributed by atoms with Crippen LogP contribution in [-0.2, 0) is 0 Å². The molecule has 0 aliphatic heterocycles. The summed E-state index contributed by atoms with van der Waals surface area (Å²) in [5, 5.41) is 6.06. The summed E-state index contributed by atoms with van der Waals surface area (Å²) in [6.45, 7) is 3.97. The predicted molar refractivity (Wildman–Crippen MR) is 93.1 cm³/mol. The molecule has 120 valence electrons. The lowest BCUT2D eigenvalue weighted by Crippen LogP contribution is -2.31. The van der Waals surface area contributed by atoms with Crippen LogP contribution < -0.4 is 10.6 Å². The van der Waals surface area contributed by atoms with E-state index in [9.17, 15) is 9.59 Å². The fraction of sp³-hybridized carbons (Fsp3) is 0.222. The second-order valence-corrected chi connectivity index (χ2v) is 5.70. The summed E-state index contributed by atoms with van der Waals surface area (Å²) in [5.41, 5.74) is 1.57. The van der Waals surface area contributed by atoms with Gasteiger partial charge in [0.25, 0.3) is 11.8 Å². The van der Waals surface area contributed by atoms with Crippen molar-refractivity contribution in [2.45, 2.75) is 26.3 Å². The SMILES string of the molecule is CC[C@@H](C)NC(=O)c1ccc(NC(=O)c2ccccc2Cl)cc1. The molecule has 0 saturated carbocycles. The first-order valence-electron chi connectivity index (χ1n) is 7.48. The second kappa shape index (κ2) is 7.79. The van der Waals surface area contributed by atoms with Gasteiger partial charge in [-0.1, -0.05) is 30.7 Å². The van der Waals surface area contributed by atoms with Crippen LogP contribution in [0.1, 0.15) is 41.0 Å². The third-order valence-electron chi connectivity index (χ3n) is 3.51. The van der Waals surface area contributed by atoms with Gasteiger partial charge in [0.1, 0.15) is 0 Å². The van der Waals surface area contributed by atoms with Gasteiger partial charge >= 0.3 is 0 Å². The van der Waals surface area contributed by atoms with Gasteiger partial charge in [0, 0.05) is 17.3 Å². The molecule has 0 spiro atoms. The van der Waals surface area contributed by atoms with E-state index < -0.39 is 0 Å². The van der Waals surface area contributed by atoms with Crippen LogP contribution in [0.25, 0.3) is 0 Å². The van der Waals surface area contributed by atoms with Gasteiger partial charge in [-0.05, 0) is 49.7 Å². The van der Waals surface area contributed by atoms with Crippen molar-refractivity contribution in [3.05, 3.63) is 64.7 Å². The number of rotatable bonds is 5. The Morgan fingerprint density at radius 2 is 1.70 bits per heavy atom. The van der Waals surface area contributed by atoms with Gasteiger partial charge < -0.3 is 10.6 Å². The van der Waals surface area contributed by atoms with E-state index in [-0.39, 0.29) is 17.9 Å². The first-order valence-corrected chi connectivity index (χ1v) is 7.86. The lowest BCUT2D eigenvalue weighted by atomic mass is 10.1. The van der Waals surface area contributed by atoms with Crippen molar-refractivity contribution < 1.29 is 9.59 Å². The molecule has 0 heterocycles. The Hall–Kier alpha value is -2.33. The Morgan fingerprint density at radius 1 is 1.04 bits per heavy atom. The maximum Gasteiger partial charge on any atom is 0.257 e. The normalized spacial score (nSPS) is 11.6. The minimum atomic E-state index is -0.285. The maximum absolute atomic E-state index is 12.2. The van der Waals surface area contributed by atoms with E-state index in [1.54, 1.807) is 48.5 Å². The molecule has 2 amide bonds. The summed E-state index contributed by atoms with van der Waals surface area (Å²) in [6, 6.07) is 13.7. The molecule has 2 rings (SSSR count). The van der Waals surface area contributed by atoms with Gasteiger partial charge in [-0.2, -0.15) is 0 Å². The Balaban J connectivity index is 2.04. The molecule has 0 bridgehead atoms. The second-order valence-electron chi connectivity index (χ2n) is 5.29. The smallest absolute Gasteiger partial charge is 0.257 e. The van der Waals surface area contributed by atoms with Gasteiger partial charge in [-0.25, -0.2) is 0 Å². The van der Waals surface area contributed by atoms with E-state index in [1.165, 1.54) is 0 Å². The van der Waals surface area contributed by atoms with Crippen LogP contribution in [0.3, 0.4) is 0 Å². The number of anilines is 1. The molecule has 23 heavy (non-hydrogen) atoms. The molecule has 0 fully saturated rings. The zero-order valence-electron chi connectivity index (χ0n) is 13.1. The standard InChI is InChI=1S/C18H19ClN2O2/c1-3-12(2)20-17(22)13-8-10-14(11-9-13)21-18(23)15-6-4-5-7-16(15)19/h4-12H,3H2,1-2H3,(H,20,22)(H,21,23)/t12-/m1/s1. The summed E-state index contributed by atoms with van der Waals surface area (Å²) >= 11 is 6.00. The number of benzene rings is 2. The molecular weight excluding hydrogens is 312 g/mol. The molecule has 5 heteroatoms. The average Bonchev–Trinajstić information content (AvgIpc) is 2.55. The third kappa shape index (κ3) is 4.57. The van der Waals surface area contributed by atoms with Gasteiger partial charge in [0.15, 0.2) is 0 Å². The highest BCUT2D eigenvalue weighted by Gasteiger charge is 2.11. The van der Waals surface area contributed by atoms with E-state index in [4.69, 9.17) is 11.6 Å². The summed E-state index contributed by atoms with van der Waals surface area (Å²) in [6.07, 6.45) is 0.873. The molecule has 4 nitrogen and oxygen atoms in total. The van der Waals surface area contributed by atoms with Crippen molar-refractivity contribution in [1.29, 1.82) is 0 Å². The van der Waals surface area contributed by atoms with Crippen LogP contribution in [0.15, 0.2) is 48.5 Å². The Morgan fingerprint density at radius 3 is 2.30 bits per heavy atom. The number of carbonyl (C=O) groups excluding carboxylic acids is 2. The van der Waals surface area contributed by atoms with Gasteiger partial charge in [-0.15, -0.1) is 0 Å². The average molecular weight is 331 g/mol. The highest BCUT2D eigenvalue weighted by molar-refractivity contribution is 6.34. The first-order chi connectivity index (χ1) is 11.0. The maximum atomic E-state index is 12.2. The zero-order valence-corrected chi connectivity index (χ0v) is 13.9. The molecule has 0 radical (unpaired) electrons. The number of hydrogen-bond donors (Lipinski definition) is 2. The van der Waals surface area contributed by atoms with Crippen LogP contribution >= 0.6 is 11.6 Å². The van der Waals surface area contributed by atoms with Crippen molar-refractivity contribution in [1.82, 2.24) is 5.32 Å². The van der Waals surface area contributed by atoms with Crippen molar-refractivity contribution >= 4 is 29.1 Å². The number of carbonyl (C=O) groups is 2. The highest BCUT2D eigenvalue weighted by Crippen LogP contribution is 2.17. The molecule has 0 saturated heterocycles. The molecule has 1 atom stereocenters. The number of nitrogens with one attached hydrogen (secondary N) is 2. The Labute approximate surface area is 140 Å². The monoisotopic (exact) mass is 330 g/mol. The van der Waals surface area contributed by atoms with Crippen LogP contribution in [0.4, 0.5) is 5.69 Å². The summed E-state index contributed by atoms with van der Waals surface area (Å²) in [4.78, 5) is 24.2. The van der Waals surface area contributed by atoms with E-state index in [2.05, 4.69) is 10.6 Å². The fourth-order valence-corrected chi connectivity index (χ4v) is 2.18. The minimum absolute atomic E-state index is 0.122. The highest BCUT2D eigenvalue weighted by atomic mass is 35.5.